The van der Waals surface area contributed by atoms with Gasteiger partial charge in [0.1, 0.15) is 5.78 Å². The number of rotatable bonds is 11. The molecule has 5 nitrogen and oxygen atoms in total. The van der Waals surface area contributed by atoms with E-state index >= 15 is 0 Å². The summed E-state index contributed by atoms with van der Waals surface area (Å²) in [4.78, 5) is 27.2. The van der Waals surface area contributed by atoms with Gasteiger partial charge in [-0.2, -0.15) is 0 Å². The molecule has 3 atom stereocenters. The Labute approximate surface area is 174 Å². The van der Waals surface area contributed by atoms with Crippen LogP contribution in [0.3, 0.4) is 0 Å². The smallest absolute Gasteiger partial charge is 0.355 e. The number of hydrogen-bond donors (Lipinski definition) is 2. The molecule has 3 rings (SSSR count). The van der Waals surface area contributed by atoms with Gasteiger partial charge in [-0.15, -0.1) is 11.3 Å². The lowest BCUT2D eigenvalue weighted by Gasteiger charge is -2.25. The molecular weight excluding hydrogens is 394 g/mol. The quantitative estimate of drug-likeness (QED) is 0.392. The topological polar surface area (TPSA) is 87.5 Å². The van der Waals surface area contributed by atoms with Crippen LogP contribution < -0.4 is 0 Å². The second-order valence-electron chi connectivity index (χ2n) is 7.91. The third-order valence-electron chi connectivity index (χ3n) is 5.94. The van der Waals surface area contributed by atoms with Crippen molar-refractivity contribution in [2.24, 2.45) is 17.8 Å². The van der Waals surface area contributed by atoms with E-state index in [9.17, 15) is 14.7 Å². The van der Waals surface area contributed by atoms with E-state index in [-0.39, 0.29) is 23.6 Å². The highest BCUT2D eigenvalue weighted by atomic mass is 32.2. The third-order valence-corrected chi connectivity index (χ3v) is 7.99. The fraction of sp³-hybridized carbons (Fsp3) is 0.667. The van der Waals surface area contributed by atoms with E-state index in [1.165, 1.54) is 42.4 Å². The minimum atomic E-state index is -1.01. The van der Waals surface area contributed by atoms with Gasteiger partial charge in [0.2, 0.25) is 0 Å². The largest absolute Gasteiger partial charge is 0.476 e. The van der Waals surface area contributed by atoms with Gasteiger partial charge in [0.15, 0.2) is 10.0 Å². The van der Waals surface area contributed by atoms with Crippen LogP contribution in [0.2, 0.25) is 0 Å². The summed E-state index contributed by atoms with van der Waals surface area (Å²) < 4.78 is 0.740. The van der Waals surface area contributed by atoms with E-state index < -0.39 is 5.97 Å². The summed E-state index contributed by atoms with van der Waals surface area (Å²) in [6.45, 7) is 0. The van der Waals surface area contributed by atoms with Gasteiger partial charge < -0.3 is 10.2 Å². The van der Waals surface area contributed by atoms with Crippen molar-refractivity contribution in [3.63, 3.8) is 0 Å². The highest BCUT2D eigenvalue weighted by Crippen LogP contribution is 2.35. The van der Waals surface area contributed by atoms with Crippen LogP contribution in [0.4, 0.5) is 0 Å². The molecule has 1 unspecified atom stereocenters. The summed E-state index contributed by atoms with van der Waals surface area (Å²) in [5.74, 6) is 1.21. The predicted octanol–water partition coefficient (Wildman–Crippen LogP) is 4.81. The molecule has 0 spiro atoms. The first-order chi connectivity index (χ1) is 13.5. The first-order valence-corrected chi connectivity index (χ1v) is 12.1. The normalized spacial score (nSPS) is 24.0. The van der Waals surface area contributed by atoms with Gasteiger partial charge in [0, 0.05) is 23.5 Å². The lowest BCUT2D eigenvalue weighted by atomic mass is 9.81. The van der Waals surface area contributed by atoms with Crippen molar-refractivity contribution in [3.8, 4) is 0 Å². The van der Waals surface area contributed by atoms with E-state index in [1.54, 1.807) is 5.38 Å². The maximum absolute atomic E-state index is 12.3. The summed E-state index contributed by atoms with van der Waals surface area (Å²) in [5, 5.41) is 20.6. The standard InChI is InChI=1S/C21H29NO4S2/c23-16(9-7-14-3-1-4-14)6-2-5-15-8-10-19(24)17(15)11-12-27-21-22-18(13-28-21)20(25)26/h2,5,13-17,23H,1,3-4,6-12H2,(H,25,26)/b5-2+/t15-,16?,17-/m1/s1. The van der Waals surface area contributed by atoms with E-state index in [4.69, 9.17) is 5.11 Å². The number of allylic oxidation sites excluding steroid dienone is 1. The van der Waals surface area contributed by atoms with Crippen LogP contribution in [-0.2, 0) is 4.79 Å². The Morgan fingerprint density at radius 2 is 2.18 bits per heavy atom. The first-order valence-electron chi connectivity index (χ1n) is 10.2. The van der Waals surface area contributed by atoms with Crippen LogP contribution in [0.15, 0.2) is 21.9 Å². The Bertz CT molecular complexity index is 698. The number of thioether (sulfide) groups is 1. The molecule has 0 bridgehead atoms. The zero-order valence-electron chi connectivity index (χ0n) is 16.1. The molecule has 0 aliphatic heterocycles. The number of carbonyl (C=O) groups is 2. The molecule has 7 heteroatoms. The maximum atomic E-state index is 12.3. The number of carboxylic acids is 1. The average molecular weight is 424 g/mol. The monoisotopic (exact) mass is 423 g/mol. The minimum Gasteiger partial charge on any atom is -0.476 e. The number of aromatic carboxylic acids is 1. The van der Waals surface area contributed by atoms with Crippen LogP contribution in [0.5, 0.6) is 0 Å². The number of aliphatic hydroxyl groups is 1. The van der Waals surface area contributed by atoms with E-state index in [1.807, 2.05) is 0 Å². The fourth-order valence-electron chi connectivity index (χ4n) is 3.97. The molecule has 2 N–H and O–H groups in total. The van der Waals surface area contributed by atoms with E-state index in [0.717, 1.165) is 41.7 Å². The first kappa shape index (κ1) is 21.5. The van der Waals surface area contributed by atoms with Gasteiger partial charge in [0.05, 0.1) is 6.10 Å². The van der Waals surface area contributed by atoms with Gasteiger partial charge in [-0.3, -0.25) is 4.79 Å². The number of nitrogens with zero attached hydrogens (tertiary/aromatic N) is 1. The molecule has 154 valence electrons. The van der Waals surface area contributed by atoms with Crippen molar-refractivity contribution in [1.29, 1.82) is 0 Å². The number of carbonyl (C=O) groups excluding carboxylic acids is 1. The van der Waals surface area contributed by atoms with Crippen molar-refractivity contribution < 1.29 is 19.8 Å². The SMILES string of the molecule is O=C(O)c1csc(SCC[C@H]2C(=O)CC[C@H]2/C=C/CC(O)CCC2CCC2)n1. The molecule has 28 heavy (non-hydrogen) atoms. The molecule has 0 amide bonds. The number of aliphatic hydroxyl groups excluding tert-OH is 1. The van der Waals surface area contributed by atoms with Crippen molar-refractivity contribution in [3.05, 3.63) is 23.2 Å². The molecule has 1 aromatic heterocycles. The second-order valence-corrected chi connectivity index (χ2v) is 10.1. The summed E-state index contributed by atoms with van der Waals surface area (Å²) >= 11 is 2.86. The zero-order valence-corrected chi connectivity index (χ0v) is 17.7. The highest BCUT2D eigenvalue weighted by molar-refractivity contribution is 8.01. The number of thiazole rings is 1. The molecule has 0 saturated heterocycles. The molecule has 2 saturated carbocycles. The van der Waals surface area contributed by atoms with Crippen LogP contribution >= 0.6 is 23.1 Å². The predicted molar refractivity (Wildman–Crippen MR) is 112 cm³/mol. The van der Waals surface area contributed by atoms with Gasteiger partial charge in [-0.1, -0.05) is 43.2 Å². The van der Waals surface area contributed by atoms with Crippen molar-refractivity contribution in [2.45, 2.75) is 68.2 Å². The number of carboxylic acid groups (broad SMARTS) is 1. The Hall–Kier alpha value is -1.18. The fourth-order valence-corrected chi connectivity index (χ4v) is 5.87. The number of hydrogen-bond acceptors (Lipinski definition) is 6. The molecule has 0 aromatic carbocycles. The second kappa shape index (κ2) is 10.6. The Balaban J connectivity index is 1.39. The van der Waals surface area contributed by atoms with Crippen LogP contribution in [0.25, 0.3) is 0 Å². The van der Waals surface area contributed by atoms with E-state index in [2.05, 4.69) is 17.1 Å². The summed E-state index contributed by atoms with van der Waals surface area (Å²) in [7, 11) is 0. The highest BCUT2D eigenvalue weighted by Gasteiger charge is 2.32. The lowest BCUT2D eigenvalue weighted by molar-refractivity contribution is -0.121. The molecular formula is C21H29NO4S2. The Morgan fingerprint density at radius 1 is 1.36 bits per heavy atom. The van der Waals surface area contributed by atoms with Crippen molar-refractivity contribution in [1.82, 2.24) is 4.98 Å². The van der Waals surface area contributed by atoms with Gasteiger partial charge in [-0.05, 0) is 43.9 Å². The number of ketones is 1. The van der Waals surface area contributed by atoms with Gasteiger partial charge >= 0.3 is 5.97 Å². The lowest BCUT2D eigenvalue weighted by Crippen LogP contribution is -2.15. The summed E-state index contributed by atoms with van der Waals surface area (Å²) in [5.41, 5.74) is 0.0844. The van der Waals surface area contributed by atoms with E-state index in [0.29, 0.717) is 18.6 Å². The minimum absolute atomic E-state index is 0.0368. The molecule has 2 fully saturated rings. The molecule has 1 heterocycles. The third kappa shape index (κ3) is 6.16. The van der Waals surface area contributed by atoms with Crippen LogP contribution in [0.1, 0.15) is 68.3 Å². The van der Waals surface area contributed by atoms with Gasteiger partial charge in [0.25, 0.3) is 0 Å². The zero-order chi connectivity index (χ0) is 19.9. The number of aromatic nitrogens is 1. The average Bonchev–Trinajstić information content (AvgIpc) is 3.22. The summed E-state index contributed by atoms with van der Waals surface area (Å²) in [6, 6.07) is 0. The number of Topliss-reactive ketones (excluding diaryl/α,β-unsaturated/α-hetero) is 1. The Morgan fingerprint density at radius 3 is 2.86 bits per heavy atom. The maximum Gasteiger partial charge on any atom is 0.355 e. The molecule has 1 aromatic rings. The van der Waals surface area contributed by atoms with Crippen LogP contribution in [0, 0.1) is 17.8 Å². The van der Waals surface area contributed by atoms with Crippen molar-refractivity contribution >= 4 is 34.9 Å². The van der Waals surface area contributed by atoms with Crippen LogP contribution in [-0.4, -0.2) is 38.8 Å². The molecule has 2 aliphatic rings. The van der Waals surface area contributed by atoms with Crippen molar-refractivity contribution in [2.75, 3.05) is 5.75 Å². The molecule has 2 aliphatic carbocycles. The van der Waals surface area contributed by atoms with Gasteiger partial charge in [-0.25, -0.2) is 9.78 Å². The summed E-state index contributed by atoms with van der Waals surface area (Å²) in [6.07, 6.45) is 12.9. The molecule has 0 radical (unpaired) electrons. The Kier molecular flexibility index (Phi) is 8.11.